The number of rotatable bonds is 6. The van der Waals surface area contributed by atoms with Crippen molar-refractivity contribution in [3.8, 4) is 0 Å². The molecule has 7 nitrogen and oxygen atoms in total. The highest BCUT2D eigenvalue weighted by Crippen LogP contribution is 2.15. The summed E-state index contributed by atoms with van der Waals surface area (Å²) in [7, 11) is 0. The van der Waals surface area contributed by atoms with Crippen molar-refractivity contribution in [1.29, 1.82) is 0 Å². The van der Waals surface area contributed by atoms with Crippen molar-refractivity contribution >= 4 is 34.4 Å². The molecular formula is C21H20ClN5O2. The molecule has 0 saturated carbocycles. The van der Waals surface area contributed by atoms with Crippen LogP contribution in [0.1, 0.15) is 12.5 Å². The standard InChI is InChI=1S/C21H20ClN5O2/c1-2-25-17-5-3-4-6-18(17)26(21(25)29)14-20(28)24-19-11-12-23-27(19)13-15-7-9-16(22)10-8-15/h3-12H,2,13-14H2,1H3,(H,24,28). The van der Waals surface area contributed by atoms with Gasteiger partial charge >= 0.3 is 5.69 Å². The van der Waals surface area contributed by atoms with Crippen LogP contribution in [-0.4, -0.2) is 24.8 Å². The second-order valence-electron chi connectivity index (χ2n) is 6.65. The number of nitrogens with one attached hydrogen (secondary N) is 1. The second kappa shape index (κ2) is 7.97. The van der Waals surface area contributed by atoms with Gasteiger partial charge < -0.3 is 5.32 Å². The molecule has 148 valence electrons. The van der Waals surface area contributed by atoms with Crippen molar-refractivity contribution in [1.82, 2.24) is 18.9 Å². The molecule has 29 heavy (non-hydrogen) atoms. The van der Waals surface area contributed by atoms with E-state index in [-0.39, 0.29) is 18.1 Å². The zero-order valence-electron chi connectivity index (χ0n) is 15.9. The predicted octanol–water partition coefficient (Wildman–Crippen LogP) is 3.36. The van der Waals surface area contributed by atoms with Gasteiger partial charge in [-0.25, -0.2) is 9.48 Å². The number of imidazole rings is 1. The smallest absolute Gasteiger partial charge is 0.309 e. The topological polar surface area (TPSA) is 73.8 Å². The third-order valence-corrected chi connectivity index (χ3v) is 5.02. The Bertz CT molecular complexity index is 1220. The Hall–Kier alpha value is -3.32. The van der Waals surface area contributed by atoms with Gasteiger partial charge in [0.15, 0.2) is 0 Å². The fraction of sp³-hybridized carbons (Fsp3) is 0.190. The second-order valence-corrected chi connectivity index (χ2v) is 7.09. The minimum Gasteiger partial charge on any atom is -0.309 e. The van der Waals surface area contributed by atoms with Crippen molar-refractivity contribution in [2.45, 2.75) is 26.6 Å². The summed E-state index contributed by atoms with van der Waals surface area (Å²) >= 11 is 5.93. The molecule has 0 fully saturated rings. The normalized spacial score (nSPS) is 11.1. The number of para-hydroxylation sites is 2. The summed E-state index contributed by atoms with van der Waals surface area (Å²) in [6.45, 7) is 2.88. The van der Waals surface area contributed by atoms with Gasteiger partial charge in [-0.3, -0.25) is 13.9 Å². The Labute approximate surface area is 172 Å². The summed E-state index contributed by atoms with van der Waals surface area (Å²) in [5.74, 6) is 0.279. The van der Waals surface area contributed by atoms with E-state index in [1.54, 1.807) is 21.5 Å². The molecule has 2 aromatic carbocycles. The van der Waals surface area contributed by atoms with Crippen LogP contribution in [0.2, 0.25) is 5.02 Å². The van der Waals surface area contributed by atoms with Gasteiger partial charge in [-0.2, -0.15) is 5.10 Å². The number of aromatic nitrogens is 4. The van der Waals surface area contributed by atoms with E-state index in [9.17, 15) is 9.59 Å². The Morgan fingerprint density at radius 3 is 2.41 bits per heavy atom. The maximum Gasteiger partial charge on any atom is 0.329 e. The number of hydrogen-bond acceptors (Lipinski definition) is 3. The summed E-state index contributed by atoms with van der Waals surface area (Å²) in [6.07, 6.45) is 1.63. The lowest BCUT2D eigenvalue weighted by Crippen LogP contribution is -2.29. The van der Waals surface area contributed by atoms with Crippen LogP contribution in [0.5, 0.6) is 0 Å². The monoisotopic (exact) mass is 409 g/mol. The lowest BCUT2D eigenvalue weighted by molar-refractivity contribution is -0.116. The summed E-state index contributed by atoms with van der Waals surface area (Å²) in [5, 5.41) is 7.80. The largest absolute Gasteiger partial charge is 0.329 e. The summed E-state index contributed by atoms with van der Waals surface area (Å²) in [4.78, 5) is 25.4. The van der Waals surface area contributed by atoms with Crippen molar-refractivity contribution in [3.05, 3.63) is 81.9 Å². The van der Waals surface area contributed by atoms with Gasteiger partial charge in [-0.1, -0.05) is 35.9 Å². The number of nitrogens with zero attached hydrogens (tertiary/aromatic N) is 4. The molecule has 0 atom stereocenters. The first-order valence-electron chi connectivity index (χ1n) is 9.31. The van der Waals surface area contributed by atoms with Crippen LogP contribution in [0, 0.1) is 0 Å². The summed E-state index contributed by atoms with van der Waals surface area (Å²) < 4.78 is 4.85. The fourth-order valence-electron chi connectivity index (χ4n) is 3.38. The van der Waals surface area contributed by atoms with Crippen molar-refractivity contribution in [3.63, 3.8) is 0 Å². The van der Waals surface area contributed by atoms with Gasteiger partial charge in [0, 0.05) is 17.6 Å². The van der Waals surface area contributed by atoms with E-state index in [0.717, 1.165) is 16.6 Å². The van der Waals surface area contributed by atoms with Gasteiger partial charge in [0.05, 0.1) is 23.8 Å². The number of benzene rings is 2. The van der Waals surface area contributed by atoms with Crippen LogP contribution in [0.3, 0.4) is 0 Å². The third-order valence-electron chi connectivity index (χ3n) is 4.77. The van der Waals surface area contributed by atoms with Crippen molar-refractivity contribution < 1.29 is 4.79 Å². The predicted molar refractivity (Wildman–Crippen MR) is 113 cm³/mol. The molecule has 4 rings (SSSR count). The third kappa shape index (κ3) is 3.82. The molecule has 2 heterocycles. The first-order chi connectivity index (χ1) is 14.1. The van der Waals surface area contributed by atoms with E-state index in [0.29, 0.717) is 23.9 Å². The highest BCUT2D eigenvalue weighted by atomic mass is 35.5. The maximum atomic E-state index is 12.7. The van der Waals surface area contributed by atoms with E-state index >= 15 is 0 Å². The molecule has 1 N–H and O–H groups in total. The van der Waals surface area contributed by atoms with Crippen molar-refractivity contribution in [2.75, 3.05) is 5.32 Å². The van der Waals surface area contributed by atoms with Crippen LogP contribution >= 0.6 is 11.6 Å². The van der Waals surface area contributed by atoms with E-state index in [4.69, 9.17) is 11.6 Å². The van der Waals surface area contributed by atoms with E-state index in [1.807, 2.05) is 55.5 Å². The fourth-order valence-corrected chi connectivity index (χ4v) is 3.51. The lowest BCUT2D eigenvalue weighted by Gasteiger charge is -2.10. The number of hydrogen-bond donors (Lipinski definition) is 1. The van der Waals surface area contributed by atoms with E-state index in [2.05, 4.69) is 10.4 Å². The van der Waals surface area contributed by atoms with Gasteiger partial charge in [0.25, 0.3) is 0 Å². The minimum atomic E-state index is -0.288. The van der Waals surface area contributed by atoms with Crippen LogP contribution in [0.4, 0.5) is 5.82 Å². The number of anilines is 1. The number of halogens is 1. The zero-order valence-corrected chi connectivity index (χ0v) is 16.6. The summed E-state index contributed by atoms with van der Waals surface area (Å²) in [6, 6.07) is 16.7. The number of aryl methyl sites for hydroxylation is 1. The molecule has 4 aromatic rings. The number of fused-ring (bicyclic) bond motifs is 1. The van der Waals surface area contributed by atoms with Crippen LogP contribution in [0.15, 0.2) is 65.6 Å². The molecule has 0 unspecified atom stereocenters. The average molecular weight is 410 g/mol. The van der Waals surface area contributed by atoms with E-state index < -0.39 is 0 Å². The van der Waals surface area contributed by atoms with Crippen LogP contribution < -0.4 is 11.0 Å². The van der Waals surface area contributed by atoms with Crippen molar-refractivity contribution in [2.24, 2.45) is 0 Å². The van der Waals surface area contributed by atoms with Gasteiger partial charge in [-0.05, 0) is 36.8 Å². The molecule has 2 aromatic heterocycles. The molecule has 0 aliphatic rings. The molecule has 0 spiro atoms. The highest BCUT2D eigenvalue weighted by molar-refractivity contribution is 6.30. The highest BCUT2D eigenvalue weighted by Gasteiger charge is 2.15. The molecular weight excluding hydrogens is 390 g/mol. The quantitative estimate of drug-likeness (QED) is 0.530. The first-order valence-corrected chi connectivity index (χ1v) is 9.69. The zero-order chi connectivity index (χ0) is 20.4. The SMILES string of the molecule is CCn1c(=O)n(CC(=O)Nc2ccnn2Cc2ccc(Cl)cc2)c2ccccc21. The molecule has 0 aliphatic carbocycles. The minimum absolute atomic E-state index is 0.0710. The Kier molecular flexibility index (Phi) is 5.22. The van der Waals surface area contributed by atoms with Gasteiger partial charge in [0.2, 0.25) is 5.91 Å². The number of amides is 1. The number of carbonyl (C=O) groups is 1. The molecule has 1 amide bonds. The van der Waals surface area contributed by atoms with E-state index in [1.165, 1.54) is 4.57 Å². The van der Waals surface area contributed by atoms with Gasteiger partial charge in [-0.15, -0.1) is 0 Å². The molecule has 8 heteroatoms. The van der Waals surface area contributed by atoms with Crippen LogP contribution in [0.25, 0.3) is 11.0 Å². The summed E-state index contributed by atoms with van der Waals surface area (Å²) in [5.41, 5.74) is 2.37. The molecule has 0 aliphatic heterocycles. The average Bonchev–Trinajstić information content (AvgIpc) is 3.25. The Morgan fingerprint density at radius 2 is 1.72 bits per heavy atom. The Morgan fingerprint density at radius 1 is 1.03 bits per heavy atom. The lowest BCUT2D eigenvalue weighted by atomic mass is 10.2. The maximum absolute atomic E-state index is 12.7. The molecule has 0 bridgehead atoms. The van der Waals surface area contributed by atoms with Gasteiger partial charge in [0.1, 0.15) is 12.4 Å². The Balaban J connectivity index is 1.54. The van der Waals surface area contributed by atoms with Crippen LogP contribution in [-0.2, 0) is 24.4 Å². The first kappa shape index (κ1) is 19.0. The number of carbonyl (C=O) groups excluding carboxylic acids is 1. The molecule has 0 saturated heterocycles. The molecule has 0 radical (unpaired) electrons.